The molecule has 0 heterocycles. The van der Waals surface area contributed by atoms with Gasteiger partial charge in [0.25, 0.3) is 0 Å². The third-order valence-electron chi connectivity index (χ3n) is 6.91. The lowest BCUT2D eigenvalue weighted by molar-refractivity contribution is -0.147. The molecule has 6 nitrogen and oxygen atoms in total. The Labute approximate surface area is 172 Å². The lowest BCUT2D eigenvalue weighted by Crippen LogP contribution is -2.54. The van der Waals surface area contributed by atoms with E-state index in [9.17, 15) is 14.4 Å². The average molecular weight is 398 g/mol. The third-order valence-corrected chi connectivity index (χ3v) is 6.91. The smallest absolute Gasteiger partial charge is 0.239 e. The molecule has 4 fully saturated rings. The third kappa shape index (κ3) is 4.80. The molecule has 156 valence electrons. The first-order chi connectivity index (χ1) is 14.0. The molecule has 0 radical (unpaired) electrons. The van der Waals surface area contributed by atoms with Crippen LogP contribution in [0.2, 0.25) is 0 Å². The predicted octanol–water partition coefficient (Wildman–Crippen LogP) is 1.79. The van der Waals surface area contributed by atoms with Crippen molar-refractivity contribution in [1.82, 2.24) is 16.0 Å². The molecule has 0 aliphatic heterocycles. The van der Waals surface area contributed by atoms with Gasteiger partial charge in [-0.15, -0.1) is 0 Å². The van der Waals surface area contributed by atoms with Crippen LogP contribution >= 0.6 is 0 Å². The van der Waals surface area contributed by atoms with Gasteiger partial charge in [0.15, 0.2) is 0 Å². The predicted molar refractivity (Wildman–Crippen MR) is 110 cm³/mol. The molecule has 4 bridgehead atoms. The minimum Gasteiger partial charge on any atom is -0.354 e. The second kappa shape index (κ2) is 8.56. The van der Waals surface area contributed by atoms with Crippen LogP contribution in [0.3, 0.4) is 0 Å². The van der Waals surface area contributed by atoms with E-state index in [1.807, 2.05) is 30.3 Å². The minimum atomic E-state index is -0.222. The average Bonchev–Trinajstić information content (AvgIpc) is 2.69. The molecular formula is C23H31N3O3. The Morgan fingerprint density at radius 1 is 0.793 bits per heavy atom. The summed E-state index contributed by atoms with van der Waals surface area (Å²) >= 11 is 0. The van der Waals surface area contributed by atoms with Crippen molar-refractivity contribution >= 4 is 17.7 Å². The Kier molecular flexibility index (Phi) is 5.88. The number of carbonyl (C=O) groups is 3. The monoisotopic (exact) mass is 397 g/mol. The van der Waals surface area contributed by atoms with E-state index in [4.69, 9.17) is 0 Å². The molecule has 0 atom stereocenters. The molecule has 4 saturated carbocycles. The highest BCUT2D eigenvalue weighted by Crippen LogP contribution is 2.60. The van der Waals surface area contributed by atoms with Crippen molar-refractivity contribution in [1.29, 1.82) is 0 Å². The summed E-state index contributed by atoms with van der Waals surface area (Å²) < 4.78 is 0. The van der Waals surface area contributed by atoms with Crippen molar-refractivity contribution < 1.29 is 14.4 Å². The quantitative estimate of drug-likeness (QED) is 0.585. The van der Waals surface area contributed by atoms with Crippen LogP contribution in [-0.4, -0.2) is 37.4 Å². The summed E-state index contributed by atoms with van der Waals surface area (Å²) in [6.45, 7) is 0.742. The molecule has 5 rings (SSSR count). The number of hydrogen-bond acceptors (Lipinski definition) is 3. The van der Waals surface area contributed by atoms with Gasteiger partial charge < -0.3 is 16.0 Å². The van der Waals surface area contributed by atoms with Crippen LogP contribution in [0.15, 0.2) is 30.3 Å². The Balaban J connectivity index is 1.13. The molecule has 1 aromatic rings. The van der Waals surface area contributed by atoms with Crippen molar-refractivity contribution in [2.45, 2.75) is 44.9 Å². The zero-order valence-electron chi connectivity index (χ0n) is 16.9. The number of hydrogen-bond donors (Lipinski definition) is 3. The van der Waals surface area contributed by atoms with Gasteiger partial charge in [-0.1, -0.05) is 30.3 Å². The first kappa shape index (κ1) is 19.9. The van der Waals surface area contributed by atoms with Crippen LogP contribution in [0.25, 0.3) is 0 Å². The molecule has 3 amide bonds. The highest BCUT2D eigenvalue weighted by Gasteiger charge is 2.54. The molecule has 3 N–H and O–H groups in total. The van der Waals surface area contributed by atoms with Crippen molar-refractivity contribution in [2.24, 2.45) is 23.2 Å². The summed E-state index contributed by atoms with van der Waals surface area (Å²) in [4.78, 5) is 36.8. The fourth-order valence-corrected chi connectivity index (χ4v) is 6.05. The van der Waals surface area contributed by atoms with Gasteiger partial charge in [0.05, 0.1) is 13.0 Å². The number of rotatable bonds is 8. The molecule has 0 saturated heterocycles. The van der Waals surface area contributed by atoms with E-state index in [0.717, 1.165) is 24.8 Å². The van der Waals surface area contributed by atoms with Crippen LogP contribution in [0.5, 0.6) is 0 Å². The van der Waals surface area contributed by atoms with Gasteiger partial charge in [-0.3, -0.25) is 14.4 Å². The van der Waals surface area contributed by atoms with Crippen molar-refractivity contribution in [3.63, 3.8) is 0 Å². The molecule has 0 unspecified atom stereocenters. The first-order valence-corrected chi connectivity index (χ1v) is 10.9. The maximum Gasteiger partial charge on any atom is 0.239 e. The van der Waals surface area contributed by atoms with Gasteiger partial charge in [0.2, 0.25) is 17.7 Å². The van der Waals surface area contributed by atoms with Gasteiger partial charge in [0.1, 0.15) is 0 Å². The lowest BCUT2D eigenvalue weighted by Gasteiger charge is -2.55. The summed E-state index contributed by atoms with van der Waals surface area (Å²) in [7, 11) is 0. The largest absolute Gasteiger partial charge is 0.354 e. The summed E-state index contributed by atoms with van der Waals surface area (Å²) in [5, 5.41) is 8.45. The maximum absolute atomic E-state index is 12.8. The number of benzene rings is 1. The van der Waals surface area contributed by atoms with Crippen molar-refractivity contribution in [2.75, 3.05) is 19.6 Å². The molecule has 1 aromatic carbocycles. The first-order valence-electron chi connectivity index (χ1n) is 10.9. The van der Waals surface area contributed by atoms with E-state index in [0.29, 0.717) is 37.3 Å². The fraction of sp³-hybridized carbons (Fsp3) is 0.609. The van der Waals surface area contributed by atoms with Gasteiger partial charge in [-0.2, -0.15) is 0 Å². The van der Waals surface area contributed by atoms with E-state index < -0.39 is 0 Å². The zero-order chi connectivity index (χ0) is 20.3. The Bertz CT molecular complexity index is 727. The molecule has 4 aliphatic rings. The summed E-state index contributed by atoms with van der Waals surface area (Å²) in [5.41, 5.74) is 0.738. The molecular weight excluding hydrogens is 366 g/mol. The molecule has 29 heavy (non-hydrogen) atoms. The fourth-order valence-electron chi connectivity index (χ4n) is 6.05. The van der Waals surface area contributed by atoms with Crippen LogP contribution in [-0.2, 0) is 20.8 Å². The second-order valence-electron chi connectivity index (χ2n) is 9.24. The van der Waals surface area contributed by atoms with Crippen LogP contribution in [0.1, 0.15) is 44.1 Å². The van der Waals surface area contributed by atoms with Crippen LogP contribution < -0.4 is 16.0 Å². The summed E-state index contributed by atoms with van der Waals surface area (Å²) in [5.74, 6) is 1.92. The van der Waals surface area contributed by atoms with Crippen molar-refractivity contribution in [3.05, 3.63) is 35.9 Å². The van der Waals surface area contributed by atoms with Gasteiger partial charge in [0, 0.05) is 18.5 Å². The highest BCUT2D eigenvalue weighted by atomic mass is 16.2. The number of amides is 3. The van der Waals surface area contributed by atoms with Crippen molar-refractivity contribution in [3.8, 4) is 0 Å². The minimum absolute atomic E-state index is 0.0124. The van der Waals surface area contributed by atoms with E-state index in [-0.39, 0.29) is 29.7 Å². The summed E-state index contributed by atoms with van der Waals surface area (Å²) in [6, 6.07) is 9.54. The topological polar surface area (TPSA) is 87.3 Å². The van der Waals surface area contributed by atoms with Gasteiger partial charge >= 0.3 is 0 Å². The molecule has 4 aliphatic carbocycles. The van der Waals surface area contributed by atoms with E-state index in [1.54, 1.807) is 0 Å². The Morgan fingerprint density at radius 2 is 1.34 bits per heavy atom. The Morgan fingerprint density at radius 3 is 1.93 bits per heavy atom. The highest BCUT2D eigenvalue weighted by molar-refractivity contribution is 5.88. The maximum atomic E-state index is 12.8. The SMILES string of the molecule is O=C(CNC(=O)C12CC3CC(CC(C3)C1)C2)NCCNC(=O)Cc1ccccc1. The van der Waals surface area contributed by atoms with Crippen LogP contribution in [0.4, 0.5) is 0 Å². The lowest BCUT2D eigenvalue weighted by atomic mass is 9.49. The van der Waals surface area contributed by atoms with E-state index >= 15 is 0 Å². The molecule has 0 aromatic heterocycles. The van der Waals surface area contributed by atoms with Crippen LogP contribution in [0, 0.1) is 23.2 Å². The second-order valence-corrected chi connectivity index (χ2v) is 9.24. The normalized spacial score (nSPS) is 29.3. The van der Waals surface area contributed by atoms with Gasteiger partial charge in [-0.25, -0.2) is 0 Å². The summed E-state index contributed by atoms with van der Waals surface area (Å²) in [6.07, 6.45) is 7.21. The Hall–Kier alpha value is -2.37. The molecule has 0 spiro atoms. The van der Waals surface area contributed by atoms with Gasteiger partial charge in [-0.05, 0) is 61.8 Å². The number of carbonyl (C=O) groups excluding carboxylic acids is 3. The zero-order valence-corrected chi connectivity index (χ0v) is 16.9. The number of nitrogens with one attached hydrogen (secondary N) is 3. The standard InChI is InChI=1S/C23H31N3O3/c27-20(11-16-4-2-1-3-5-16)24-6-7-25-21(28)15-26-22(29)23-12-17-8-18(13-23)10-19(9-17)14-23/h1-5,17-19H,6-15H2,(H,24,27)(H,25,28)(H,26,29). The van der Waals surface area contributed by atoms with E-state index in [2.05, 4.69) is 16.0 Å². The molecule has 6 heteroatoms. The van der Waals surface area contributed by atoms with E-state index in [1.165, 1.54) is 19.3 Å².